The Labute approximate surface area is 114 Å². The number of thioether (sulfide) groups is 1. The molecule has 0 spiro atoms. The third-order valence-corrected chi connectivity index (χ3v) is 3.96. The summed E-state index contributed by atoms with van der Waals surface area (Å²) in [4.78, 5) is 1.33. The standard InChI is InChI=1S/C17H20S/c1-13(2)16-8-4-14(5-9-16)12-15-6-10-17(18-3)11-7-15/h4-11,13H,12H2,1-3H3. The first kappa shape index (κ1) is 13.2. The van der Waals surface area contributed by atoms with E-state index in [2.05, 4.69) is 68.6 Å². The van der Waals surface area contributed by atoms with Gasteiger partial charge >= 0.3 is 0 Å². The minimum Gasteiger partial charge on any atom is -0.130 e. The molecule has 2 aromatic carbocycles. The van der Waals surface area contributed by atoms with Crippen LogP contribution in [0.3, 0.4) is 0 Å². The summed E-state index contributed by atoms with van der Waals surface area (Å²) in [6.45, 7) is 4.46. The van der Waals surface area contributed by atoms with Crippen molar-refractivity contribution in [1.82, 2.24) is 0 Å². The second-order valence-corrected chi connectivity index (χ2v) is 5.80. The van der Waals surface area contributed by atoms with Gasteiger partial charge in [-0.05, 0) is 47.4 Å². The first-order chi connectivity index (χ1) is 8.69. The van der Waals surface area contributed by atoms with E-state index >= 15 is 0 Å². The first-order valence-corrected chi connectivity index (χ1v) is 7.63. The van der Waals surface area contributed by atoms with Crippen molar-refractivity contribution in [2.75, 3.05) is 6.26 Å². The molecule has 0 saturated heterocycles. The molecule has 0 aromatic heterocycles. The van der Waals surface area contributed by atoms with Gasteiger partial charge in [-0.3, -0.25) is 0 Å². The van der Waals surface area contributed by atoms with E-state index in [1.165, 1.54) is 21.6 Å². The van der Waals surface area contributed by atoms with Gasteiger partial charge in [-0.15, -0.1) is 11.8 Å². The molecule has 0 aliphatic heterocycles. The summed E-state index contributed by atoms with van der Waals surface area (Å²) >= 11 is 1.79. The van der Waals surface area contributed by atoms with Gasteiger partial charge in [0.1, 0.15) is 0 Å². The molecular weight excluding hydrogens is 236 g/mol. The fraction of sp³-hybridized carbons (Fsp3) is 0.294. The third kappa shape index (κ3) is 3.39. The molecule has 0 saturated carbocycles. The van der Waals surface area contributed by atoms with E-state index in [0.717, 1.165) is 6.42 Å². The van der Waals surface area contributed by atoms with Crippen LogP contribution >= 0.6 is 11.8 Å². The predicted octanol–water partition coefficient (Wildman–Crippen LogP) is 5.12. The van der Waals surface area contributed by atoms with E-state index in [1.54, 1.807) is 11.8 Å². The topological polar surface area (TPSA) is 0 Å². The van der Waals surface area contributed by atoms with E-state index < -0.39 is 0 Å². The molecule has 0 radical (unpaired) electrons. The van der Waals surface area contributed by atoms with E-state index in [0.29, 0.717) is 5.92 Å². The summed E-state index contributed by atoms with van der Waals surface area (Å²) in [5.41, 5.74) is 4.18. The predicted molar refractivity (Wildman–Crippen MR) is 81.6 cm³/mol. The molecule has 0 aliphatic rings. The van der Waals surface area contributed by atoms with Crippen LogP contribution in [-0.4, -0.2) is 6.26 Å². The van der Waals surface area contributed by atoms with Gasteiger partial charge in [0.2, 0.25) is 0 Å². The fourth-order valence-electron chi connectivity index (χ4n) is 2.00. The van der Waals surface area contributed by atoms with Gasteiger partial charge in [0.15, 0.2) is 0 Å². The summed E-state index contributed by atoms with van der Waals surface area (Å²) in [5.74, 6) is 0.611. The molecule has 2 aromatic rings. The molecule has 0 nitrogen and oxygen atoms in total. The van der Waals surface area contributed by atoms with Crippen LogP contribution in [0.25, 0.3) is 0 Å². The molecule has 0 atom stereocenters. The van der Waals surface area contributed by atoms with Gasteiger partial charge in [-0.1, -0.05) is 50.2 Å². The highest BCUT2D eigenvalue weighted by molar-refractivity contribution is 7.98. The summed E-state index contributed by atoms with van der Waals surface area (Å²) in [6, 6.07) is 17.8. The largest absolute Gasteiger partial charge is 0.130 e. The van der Waals surface area contributed by atoms with Crippen LogP contribution in [0.4, 0.5) is 0 Å². The minimum atomic E-state index is 0.611. The maximum atomic E-state index is 2.25. The summed E-state index contributed by atoms with van der Waals surface area (Å²) in [6.07, 6.45) is 3.13. The van der Waals surface area contributed by atoms with Crippen molar-refractivity contribution in [3.8, 4) is 0 Å². The Kier molecular flexibility index (Phi) is 4.48. The zero-order valence-corrected chi connectivity index (χ0v) is 12.1. The average Bonchev–Trinajstić information content (AvgIpc) is 2.40. The lowest BCUT2D eigenvalue weighted by atomic mass is 9.99. The molecule has 0 aliphatic carbocycles. The van der Waals surface area contributed by atoms with Gasteiger partial charge in [-0.25, -0.2) is 0 Å². The maximum absolute atomic E-state index is 2.25. The highest BCUT2D eigenvalue weighted by Gasteiger charge is 2.00. The van der Waals surface area contributed by atoms with Gasteiger partial charge < -0.3 is 0 Å². The lowest BCUT2D eigenvalue weighted by molar-refractivity contribution is 0.865. The van der Waals surface area contributed by atoms with Crippen molar-refractivity contribution in [2.24, 2.45) is 0 Å². The molecule has 0 amide bonds. The lowest BCUT2D eigenvalue weighted by Crippen LogP contribution is -1.91. The smallest absolute Gasteiger partial charge is 0.00693 e. The number of hydrogen-bond donors (Lipinski definition) is 0. The Morgan fingerprint density at radius 1 is 0.833 bits per heavy atom. The fourth-order valence-corrected chi connectivity index (χ4v) is 2.41. The molecule has 0 unspecified atom stereocenters. The van der Waals surface area contributed by atoms with E-state index in [1.807, 2.05) is 0 Å². The van der Waals surface area contributed by atoms with E-state index in [4.69, 9.17) is 0 Å². The zero-order valence-electron chi connectivity index (χ0n) is 11.3. The van der Waals surface area contributed by atoms with Crippen molar-refractivity contribution in [3.63, 3.8) is 0 Å². The van der Waals surface area contributed by atoms with Crippen LogP contribution in [0.5, 0.6) is 0 Å². The Morgan fingerprint density at radius 2 is 1.33 bits per heavy atom. The normalized spacial score (nSPS) is 10.9. The highest BCUT2D eigenvalue weighted by atomic mass is 32.2. The van der Waals surface area contributed by atoms with Gasteiger partial charge in [0.05, 0.1) is 0 Å². The molecule has 0 fully saturated rings. The van der Waals surface area contributed by atoms with Gasteiger partial charge in [0.25, 0.3) is 0 Å². The molecule has 0 heterocycles. The Morgan fingerprint density at radius 3 is 1.78 bits per heavy atom. The minimum absolute atomic E-state index is 0.611. The number of rotatable bonds is 4. The van der Waals surface area contributed by atoms with E-state index in [-0.39, 0.29) is 0 Å². The van der Waals surface area contributed by atoms with Gasteiger partial charge in [-0.2, -0.15) is 0 Å². The number of hydrogen-bond acceptors (Lipinski definition) is 1. The van der Waals surface area contributed by atoms with Crippen molar-refractivity contribution in [2.45, 2.75) is 31.1 Å². The Bertz CT molecular complexity index is 480. The Balaban J connectivity index is 2.08. The van der Waals surface area contributed by atoms with Crippen molar-refractivity contribution in [3.05, 3.63) is 65.2 Å². The van der Waals surface area contributed by atoms with Crippen LogP contribution < -0.4 is 0 Å². The van der Waals surface area contributed by atoms with Crippen LogP contribution in [0.2, 0.25) is 0 Å². The number of benzene rings is 2. The summed E-state index contributed by atoms with van der Waals surface area (Å²) < 4.78 is 0. The summed E-state index contributed by atoms with van der Waals surface area (Å²) in [5, 5.41) is 0. The summed E-state index contributed by atoms with van der Waals surface area (Å²) in [7, 11) is 0. The van der Waals surface area contributed by atoms with Crippen molar-refractivity contribution in [1.29, 1.82) is 0 Å². The monoisotopic (exact) mass is 256 g/mol. The molecular formula is C17H20S. The highest BCUT2D eigenvalue weighted by Crippen LogP contribution is 2.19. The Hall–Kier alpha value is -1.21. The second kappa shape index (κ2) is 6.10. The average molecular weight is 256 g/mol. The molecule has 94 valence electrons. The first-order valence-electron chi connectivity index (χ1n) is 6.41. The zero-order chi connectivity index (χ0) is 13.0. The molecule has 0 N–H and O–H groups in total. The third-order valence-electron chi connectivity index (χ3n) is 3.21. The molecule has 18 heavy (non-hydrogen) atoms. The van der Waals surface area contributed by atoms with Gasteiger partial charge in [0, 0.05) is 4.90 Å². The maximum Gasteiger partial charge on any atom is 0.00693 e. The molecule has 2 rings (SSSR count). The quantitative estimate of drug-likeness (QED) is 0.684. The van der Waals surface area contributed by atoms with Crippen molar-refractivity contribution >= 4 is 11.8 Å². The van der Waals surface area contributed by atoms with Crippen molar-refractivity contribution < 1.29 is 0 Å². The SMILES string of the molecule is CSc1ccc(Cc2ccc(C(C)C)cc2)cc1. The van der Waals surface area contributed by atoms with Crippen LogP contribution in [0.1, 0.15) is 36.5 Å². The molecule has 1 heteroatoms. The van der Waals surface area contributed by atoms with Crippen LogP contribution in [-0.2, 0) is 6.42 Å². The second-order valence-electron chi connectivity index (χ2n) is 4.92. The van der Waals surface area contributed by atoms with Crippen LogP contribution in [0, 0.1) is 0 Å². The van der Waals surface area contributed by atoms with E-state index in [9.17, 15) is 0 Å². The lowest BCUT2D eigenvalue weighted by Gasteiger charge is -2.07. The molecule has 0 bridgehead atoms. The van der Waals surface area contributed by atoms with Crippen LogP contribution in [0.15, 0.2) is 53.4 Å².